The summed E-state index contributed by atoms with van der Waals surface area (Å²) in [6, 6.07) is 12.1. The van der Waals surface area contributed by atoms with Gasteiger partial charge in [-0.2, -0.15) is 0 Å². The molecule has 0 aliphatic heterocycles. The zero-order valence-corrected chi connectivity index (χ0v) is 19.0. The van der Waals surface area contributed by atoms with Crippen molar-refractivity contribution in [1.82, 2.24) is 20.6 Å². The number of pyridine rings is 1. The van der Waals surface area contributed by atoms with Crippen molar-refractivity contribution < 1.29 is 0 Å². The molecule has 0 aliphatic carbocycles. The molecule has 0 spiro atoms. The lowest BCUT2D eigenvalue weighted by Gasteiger charge is -2.11. The summed E-state index contributed by atoms with van der Waals surface area (Å²) in [5.74, 6) is 0.816. The van der Waals surface area contributed by atoms with E-state index in [1.54, 1.807) is 24.6 Å². The molecular formula is C19H23ClIN5S. The largest absolute Gasteiger partial charge is 0.356 e. The maximum atomic E-state index is 5.80. The van der Waals surface area contributed by atoms with Crippen LogP contribution in [0.3, 0.4) is 0 Å². The molecule has 1 aromatic carbocycles. The minimum atomic E-state index is 0. The molecule has 2 N–H and O–H groups in total. The second-order valence-corrected chi connectivity index (χ2v) is 7.35. The second-order valence-electron chi connectivity index (χ2n) is 5.84. The van der Waals surface area contributed by atoms with Gasteiger partial charge in [0.05, 0.1) is 15.2 Å². The van der Waals surface area contributed by atoms with Gasteiger partial charge in [0.1, 0.15) is 5.15 Å². The van der Waals surface area contributed by atoms with Crippen LogP contribution in [0.5, 0.6) is 0 Å². The van der Waals surface area contributed by atoms with Crippen molar-refractivity contribution in [1.29, 1.82) is 0 Å². The Balaban J connectivity index is 0.00000261. The number of halogens is 2. The van der Waals surface area contributed by atoms with Crippen molar-refractivity contribution in [3.63, 3.8) is 0 Å². The van der Waals surface area contributed by atoms with E-state index in [0.29, 0.717) is 5.15 Å². The average Bonchev–Trinajstić information content (AvgIpc) is 3.08. The first-order valence-corrected chi connectivity index (χ1v) is 9.83. The second kappa shape index (κ2) is 11.4. The number of aromatic nitrogens is 2. The van der Waals surface area contributed by atoms with Gasteiger partial charge in [-0.05, 0) is 36.6 Å². The number of guanidine groups is 1. The number of para-hydroxylation sites is 1. The van der Waals surface area contributed by atoms with Crippen LogP contribution in [-0.2, 0) is 12.8 Å². The third-order valence-corrected chi connectivity index (χ3v) is 5.24. The Labute approximate surface area is 185 Å². The van der Waals surface area contributed by atoms with Crippen LogP contribution in [0.4, 0.5) is 0 Å². The topological polar surface area (TPSA) is 62.2 Å². The smallest absolute Gasteiger partial charge is 0.190 e. The van der Waals surface area contributed by atoms with Crippen molar-refractivity contribution in [3.8, 4) is 0 Å². The molecule has 0 aliphatic rings. The summed E-state index contributed by atoms with van der Waals surface area (Å²) in [5.41, 5.74) is 2.24. The number of nitrogens with zero attached hydrogens (tertiary/aromatic N) is 3. The van der Waals surface area contributed by atoms with Gasteiger partial charge in [0, 0.05) is 32.8 Å². The molecule has 27 heavy (non-hydrogen) atoms. The van der Waals surface area contributed by atoms with Crippen molar-refractivity contribution in [2.75, 3.05) is 20.1 Å². The van der Waals surface area contributed by atoms with E-state index in [9.17, 15) is 0 Å². The van der Waals surface area contributed by atoms with Gasteiger partial charge in [0.2, 0.25) is 0 Å². The van der Waals surface area contributed by atoms with Gasteiger partial charge in [-0.3, -0.25) is 4.99 Å². The number of nitrogens with one attached hydrogen (secondary N) is 2. The molecule has 0 saturated heterocycles. The number of thiazole rings is 1. The molecular weight excluding hydrogens is 493 g/mol. The zero-order valence-electron chi connectivity index (χ0n) is 15.1. The Bertz CT molecular complexity index is 833. The number of rotatable bonds is 7. The van der Waals surface area contributed by atoms with Gasteiger partial charge in [0.15, 0.2) is 5.96 Å². The Hall–Kier alpha value is -1.45. The maximum absolute atomic E-state index is 5.80. The maximum Gasteiger partial charge on any atom is 0.190 e. The van der Waals surface area contributed by atoms with Crippen LogP contribution in [0, 0.1) is 0 Å². The number of hydrogen-bond donors (Lipinski definition) is 2. The molecule has 0 bridgehead atoms. The Kier molecular flexibility index (Phi) is 9.23. The molecule has 2 aromatic heterocycles. The zero-order chi connectivity index (χ0) is 18.2. The first-order chi connectivity index (χ1) is 12.7. The van der Waals surface area contributed by atoms with Crippen LogP contribution in [0.2, 0.25) is 5.15 Å². The van der Waals surface area contributed by atoms with Gasteiger partial charge >= 0.3 is 0 Å². The standard InChI is InChI=1S/C19H22ClN5S.HI/c1-21-19(23-12-10-14-8-9-17(20)24-13-14)22-11-4-7-18-25-15-5-2-3-6-16(15)26-18;/h2-3,5-6,8-9,13H,4,7,10-12H2,1H3,(H2,21,22,23);1H. The summed E-state index contributed by atoms with van der Waals surface area (Å²) in [4.78, 5) is 13.0. The van der Waals surface area contributed by atoms with E-state index >= 15 is 0 Å². The third-order valence-electron chi connectivity index (χ3n) is 3.92. The normalized spacial score (nSPS) is 11.3. The first kappa shape index (κ1) is 21.8. The predicted molar refractivity (Wildman–Crippen MR) is 126 cm³/mol. The fraction of sp³-hybridized carbons (Fsp3) is 0.316. The summed E-state index contributed by atoms with van der Waals surface area (Å²) < 4.78 is 1.25. The molecule has 8 heteroatoms. The Morgan fingerprint density at radius 1 is 1.11 bits per heavy atom. The van der Waals surface area contributed by atoms with Gasteiger partial charge in [-0.1, -0.05) is 29.8 Å². The molecule has 3 aromatic rings. The molecule has 0 unspecified atom stereocenters. The summed E-state index contributed by atoms with van der Waals surface area (Å²) in [6.45, 7) is 1.65. The third kappa shape index (κ3) is 6.90. The number of benzene rings is 1. The van der Waals surface area contributed by atoms with Gasteiger partial charge < -0.3 is 10.6 Å². The minimum Gasteiger partial charge on any atom is -0.356 e. The van der Waals surface area contributed by atoms with Gasteiger partial charge in [-0.25, -0.2) is 9.97 Å². The van der Waals surface area contributed by atoms with Crippen molar-refractivity contribution in [2.45, 2.75) is 19.3 Å². The number of aryl methyl sites for hydroxylation is 1. The molecule has 0 atom stereocenters. The highest BCUT2D eigenvalue weighted by molar-refractivity contribution is 14.0. The van der Waals surface area contributed by atoms with Gasteiger partial charge in [0.25, 0.3) is 0 Å². The van der Waals surface area contributed by atoms with E-state index in [2.05, 4.69) is 43.8 Å². The lowest BCUT2D eigenvalue weighted by atomic mass is 10.2. The lowest BCUT2D eigenvalue weighted by Crippen LogP contribution is -2.38. The van der Waals surface area contributed by atoms with Crippen LogP contribution < -0.4 is 10.6 Å². The first-order valence-electron chi connectivity index (χ1n) is 8.64. The average molecular weight is 516 g/mol. The SMILES string of the molecule is CN=C(NCCCc1nc2ccccc2s1)NCCc1ccc(Cl)nc1.I. The highest BCUT2D eigenvalue weighted by Crippen LogP contribution is 2.22. The van der Waals surface area contributed by atoms with Crippen LogP contribution in [0.25, 0.3) is 10.2 Å². The summed E-state index contributed by atoms with van der Waals surface area (Å²) in [7, 11) is 1.78. The molecule has 0 fully saturated rings. The van der Waals surface area contributed by atoms with E-state index in [4.69, 9.17) is 11.6 Å². The van der Waals surface area contributed by atoms with E-state index in [1.807, 2.05) is 18.2 Å². The summed E-state index contributed by atoms with van der Waals surface area (Å²) in [5, 5.41) is 8.37. The molecule has 0 radical (unpaired) electrons. The highest BCUT2D eigenvalue weighted by Gasteiger charge is 2.03. The van der Waals surface area contributed by atoms with Crippen molar-refractivity contribution in [2.24, 2.45) is 4.99 Å². The summed E-state index contributed by atoms with van der Waals surface area (Å²) >= 11 is 7.57. The fourth-order valence-corrected chi connectivity index (χ4v) is 3.69. The molecule has 2 heterocycles. The van der Waals surface area contributed by atoms with E-state index in [-0.39, 0.29) is 24.0 Å². The van der Waals surface area contributed by atoms with Crippen molar-refractivity contribution in [3.05, 3.63) is 58.3 Å². The number of fused-ring (bicyclic) bond motifs is 1. The van der Waals surface area contributed by atoms with Crippen molar-refractivity contribution >= 4 is 63.1 Å². The van der Waals surface area contributed by atoms with Crippen LogP contribution in [0.15, 0.2) is 47.6 Å². The highest BCUT2D eigenvalue weighted by atomic mass is 127. The van der Waals surface area contributed by atoms with Crippen LogP contribution in [-0.4, -0.2) is 36.1 Å². The lowest BCUT2D eigenvalue weighted by molar-refractivity contribution is 0.737. The Morgan fingerprint density at radius 3 is 2.67 bits per heavy atom. The number of aliphatic imine (C=N–C) groups is 1. The van der Waals surface area contributed by atoms with Gasteiger partial charge in [-0.15, -0.1) is 35.3 Å². The molecule has 144 valence electrons. The molecule has 0 saturated carbocycles. The quantitative estimate of drug-likeness (QED) is 0.162. The monoisotopic (exact) mass is 515 g/mol. The molecule has 5 nitrogen and oxygen atoms in total. The van der Waals surface area contributed by atoms with E-state index in [0.717, 1.165) is 49.4 Å². The minimum absolute atomic E-state index is 0. The van der Waals surface area contributed by atoms with E-state index in [1.165, 1.54) is 9.71 Å². The molecule has 0 amide bonds. The predicted octanol–water partition coefficient (Wildman–Crippen LogP) is 4.30. The van der Waals surface area contributed by atoms with E-state index < -0.39 is 0 Å². The molecule has 3 rings (SSSR count). The number of hydrogen-bond acceptors (Lipinski definition) is 4. The van der Waals surface area contributed by atoms with Crippen LogP contribution in [0.1, 0.15) is 17.0 Å². The fourth-order valence-electron chi connectivity index (χ4n) is 2.57. The van der Waals surface area contributed by atoms with Crippen LogP contribution >= 0.6 is 46.9 Å². The Morgan fingerprint density at radius 2 is 1.93 bits per heavy atom. The summed E-state index contributed by atoms with van der Waals surface area (Å²) in [6.07, 6.45) is 4.66.